The van der Waals surface area contributed by atoms with Gasteiger partial charge in [0, 0.05) is 17.2 Å². The molecule has 3 fully saturated rings. The Morgan fingerprint density at radius 1 is 0.646 bits per heavy atom. The average Bonchev–Trinajstić information content (AvgIpc) is 3.87. The molecule has 0 bridgehead atoms. The molecule has 0 unspecified atom stereocenters. The molecule has 3 aliphatic carbocycles. The maximum atomic E-state index is 6.60. The number of hydrogen-bond donors (Lipinski definition) is 1. The molecule has 48 heavy (non-hydrogen) atoms. The summed E-state index contributed by atoms with van der Waals surface area (Å²) in [6.45, 7) is 7.98. The fourth-order valence-corrected chi connectivity index (χ4v) is 6.36. The second-order valence-corrected chi connectivity index (χ2v) is 15.5. The fraction of sp³-hybridized carbons (Fsp3) is 0.171. The average molecular weight is 826 g/mol. The van der Waals surface area contributed by atoms with Crippen LogP contribution in [0.5, 0.6) is 0 Å². The predicted molar refractivity (Wildman–Crippen MR) is 200 cm³/mol. The summed E-state index contributed by atoms with van der Waals surface area (Å²) in [4.78, 5) is 0. The van der Waals surface area contributed by atoms with Crippen molar-refractivity contribution in [3.63, 3.8) is 0 Å². The van der Waals surface area contributed by atoms with Gasteiger partial charge in [-0.2, -0.15) is 0 Å². The van der Waals surface area contributed by atoms with Crippen LogP contribution in [0.1, 0.15) is 32.4 Å². The van der Waals surface area contributed by atoms with Gasteiger partial charge >= 0.3 is 51.6 Å². The molecule has 1 atom stereocenters. The van der Waals surface area contributed by atoms with Gasteiger partial charge in [-0.1, -0.05) is 112 Å². The summed E-state index contributed by atoms with van der Waals surface area (Å²) in [5.74, 6) is 4.70. The molecule has 0 aliphatic heterocycles. The molecule has 3 aromatic rings. The molecule has 3 aliphatic rings. The first kappa shape index (κ1) is 43.9. The van der Waals surface area contributed by atoms with Gasteiger partial charge in [0.25, 0.3) is 0 Å². The normalized spacial score (nSPS) is 17.4. The summed E-state index contributed by atoms with van der Waals surface area (Å²) in [5.41, 5.74) is 1.25. The molecule has 3 aromatic carbocycles. The molecule has 7 heteroatoms. The van der Waals surface area contributed by atoms with Crippen LogP contribution in [0.2, 0.25) is 0 Å². The Labute approximate surface area is 321 Å². The van der Waals surface area contributed by atoms with Gasteiger partial charge in [-0.15, -0.1) is 0 Å². The Morgan fingerprint density at radius 3 is 1.52 bits per heavy atom. The summed E-state index contributed by atoms with van der Waals surface area (Å²) in [6, 6.07) is 31.8. The van der Waals surface area contributed by atoms with Crippen molar-refractivity contribution >= 4 is 38.1 Å². The molecule has 6 rings (SSSR count). The van der Waals surface area contributed by atoms with Crippen LogP contribution in [0.25, 0.3) is 0 Å². The minimum atomic E-state index is -0.869. The third-order valence-corrected chi connectivity index (χ3v) is 9.08. The van der Waals surface area contributed by atoms with Gasteiger partial charge in [-0.05, 0) is 113 Å². The molecule has 3 saturated carbocycles. The molecule has 16 radical (unpaired) electrons. The van der Waals surface area contributed by atoms with E-state index in [9.17, 15) is 0 Å². The topological polar surface area (TPSA) is 21.3 Å². The summed E-state index contributed by atoms with van der Waals surface area (Å²) < 4.78 is 6.60. The van der Waals surface area contributed by atoms with Crippen molar-refractivity contribution < 1.29 is 36.7 Å². The number of halogens is 2. The van der Waals surface area contributed by atoms with Gasteiger partial charge in [-0.25, -0.2) is 0 Å². The summed E-state index contributed by atoms with van der Waals surface area (Å²) in [7, 11) is 8.84. The van der Waals surface area contributed by atoms with Crippen LogP contribution in [0.3, 0.4) is 0 Å². The zero-order valence-corrected chi connectivity index (χ0v) is 32.8. The predicted octanol–water partition coefficient (Wildman–Crippen LogP) is 9.82. The van der Waals surface area contributed by atoms with Crippen LogP contribution in [0.4, 0.5) is 0 Å². The third kappa shape index (κ3) is 17.8. The van der Waals surface area contributed by atoms with Crippen molar-refractivity contribution in [2.45, 2.75) is 26.8 Å². The van der Waals surface area contributed by atoms with Crippen LogP contribution in [0, 0.1) is 107 Å². The van der Waals surface area contributed by atoms with Crippen molar-refractivity contribution in [3.8, 4) is 0 Å². The van der Waals surface area contributed by atoms with Gasteiger partial charge in [0.15, 0.2) is 0 Å². The summed E-state index contributed by atoms with van der Waals surface area (Å²) >= 11 is -0.346. The van der Waals surface area contributed by atoms with Gasteiger partial charge in [0.05, 0.1) is 20.8 Å². The quantitative estimate of drug-likeness (QED) is 0.163. The zero-order chi connectivity index (χ0) is 33.5. The SMILES string of the molecule is C[C]1[CH][CH][C](C(C)C)[CH][CH]1.[CH]1[CH][CH][CH][CH]1.[CH]1[CH][CH][C](CN[C@H](COP(c2ccccc2)c2ccccc2)c2ccccc2)[CH]1.[Cl][Ru][Cl].[Fe+2]. The van der Waals surface area contributed by atoms with E-state index in [0.717, 1.165) is 6.54 Å². The van der Waals surface area contributed by atoms with Crippen LogP contribution in [0.15, 0.2) is 91.0 Å². The zero-order valence-electron chi connectivity index (χ0n) is 27.6. The molecular weight excluding hydrogens is 781 g/mol. The van der Waals surface area contributed by atoms with E-state index in [0.29, 0.717) is 12.5 Å². The second-order valence-electron chi connectivity index (χ2n) is 11.0. The Kier molecular flexibility index (Phi) is 25.1. The van der Waals surface area contributed by atoms with Crippen LogP contribution >= 0.6 is 27.5 Å². The fourth-order valence-electron chi connectivity index (χ4n) is 4.58. The Hall–Kier alpha value is -0.267. The smallest absolute Gasteiger partial charge is 2.00 e. The van der Waals surface area contributed by atoms with Gasteiger partial charge in [-0.3, -0.25) is 0 Å². The maximum absolute atomic E-state index is 6.60. The molecule has 252 valence electrons. The van der Waals surface area contributed by atoms with E-state index in [4.69, 9.17) is 23.9 Å². The van der Waals surface area contributed by atoms with E-state index in [1.54, 1.807) is 0 Å². The maximum Gasteiger partial charge on any atom is 2.00 e. The minimum absolute atomic E-state index is 0. The monoisotopic (exact) mass is 825 g/mol. The Morgan fingerprint density at radius 2 is 1.08 bits per heavy atom. The van der Waals surface area contributed by atoms with Crippen molar-refractivity contribution in [1.29, 1.82) is 0 Å². The molecular formula is C41H44Cl2FeNOPRu+2. The van der Waals surface area contributed by atoms with Crippen LogP contribution in [-0.2, 0) is 36.7 Å². The van der Waals surface area contributed by atoms with Crippen molar-refractivity contribution in [3.05, 3.63) is 198 Å². The molecule has 0 aromatic heterocycles. The second kappa shape index (κ2) is 27.4. The van der Waals surface area contributed by atoms with Gasteiger partial charge in [0.2, 0.25) is 0 Å². The van der Waals surface area contributed by atoms with Gasteiger partial charge < -0.3 is 9.84 Å². The molecule has 0 amide bonds. The minimum Gasteiger partial charge on any atom is 2.00 e. The number of nitrogens with one attached hydrogen (secondary N) is 1. The first-order valence-corrected chi connectivity index (χ1v) is 21.4. The first-order valence-electron chi connectivity index (χ1n) is 15.6. The molecule has 1 N–H and O–H groups in total. The third-order valence-electron chi connectivity index (χ3n) is 7.14. The number of benzene rings is 3. The van der Waals surface area contributed by atoms with Gasteiger partial charge in [0.1, 0.15) is 0 Å². The molecule has 0 heterocycles. The largest absolute Gasteiger partial charge is 2.00 e. The van der Waals surface area contributed by atoms with E-state index in [1.807, 2.05) is 32.1 Å². The standard InChI is InChI=1S/C26H25NOP.C10H14.C5H5.2ClH.Fe.Ru/c1-4-14-23(15-5-1)26(27-20-22-12-10-11-13-22)21-28-29(24-16-6-2-7-17-24)25-18-8-3-9-19-25;1-8(2)10-6-4-9(3)5-7-10;1-2-4-5-3-1;;;;/h1-19,26-27H,20-21H2;4-8H,1-3H3;1-5H;2*1H;;/q;;;;;2*+2/p-2/t26-;;;;;;/m1....../s1. The van der Waals surface area contributed by atoms with E-state index in [1.165, 1.54) is 33.9 Å². The van der Waals surface area contributed by atoms with E-state index in [-0.39, 0.29) is 38.3 Å². The summed E-state index contributed by atoms with van der Waals surface area (Å²) in [5, 5.41) is 6.15. The first-order chi connectivity index (χ1) is 23.0. The number of hydrogen-bond acceptors (Lipinski definition) is 2. The van der Waals surface area contributed by atoms with E-state index in [2.05, 4.69) is 168 Å². The number of rotatable bonds is 10. The molecule has 2 nitrogen and oxygen atoms in total. The van der Waals surface area contributed by atoms with Crippen molar-refractivity contribution in [2.75, 3.05) is 13.2 Å². The van der Waals surface area contributed by atoms with Crippen molar-refractivity contribution in [1.82, 2.24) is 5.32 Å². The van der Waals surface area contributed by atoms with E-state index < -0.39 is 8.15 Å². The summed E-state index contributed by atoms with van der Waals surface area (Å²) in [6.07, 6.45) is 27.2. The van der Waals surface area contributed by atoms with Crippen LogP contribution in [-0.4, -0.2) is 13.2 Å². The van der Waals surface area contributed by atoms with Crippen LogP contribution < -0.4 is 15.9 Å². The Balaban J connectivity index is 0.000000344. The Bertz CT molecular complexity index is 1100. The molecule has 0 spiro atoms. The molecule has 0 saturated heterocycles. The van der Waals surface area contributed by atoms with Crippen molar-refractivity contribution in [2.24, 2.45) is 5.92 Å². The van der Waals surface area contributed by atoms with E-state index >= 15 is 0 Å².